The van der Waals surface area contributed by atoms with Crippen LogP contribution in [-0.4, -0.2) is 84.4 Å². The second kappa shape index (κ2) is 25.5. The first-order chi connectivity index (χ1) is 26.6. The summed E-state index contributed by atoms with van der Waals surface area (Å²) in [5.41, 5.74) is 7.19. The van der Waals surface area contributed by atoms with Gasteiger partial charge in [0.05, 0.1) is 6.04 Å². The fourth-order valence-electron chi connectivity index (χ4n) is 5.46. The number of amides is 6. The Bertz CT molecular complexity index is 1560. The first kappa shape index (κ1) is 46.6. The average molecular weight is 782 g/mol. The van der Waals surface area contributed by atoms with Crippen molar-refractivity contribution >= 4 is 41.6 Å². The van der Waals surface area contributed by atoms with Gasteiger partial charge in [-0.3, -0.25) is 24.0 Å². The highest BCUT2D eigenvalue weighted by atomic mass is 16.5. The molecule has 56 heavy (non-hydrogen) atoms. The van der Waals surface area contributed by atoms with Crippen molar-refractivity contribution in [2.75, 3.05) is 6.54 Å². The molecule has 6 amide bonds. The zero-order valence-corrected chi connectivity index (χ0v) is 33.1. The lowest BCUT2D eigenvalue weighted by Crippen LogP contribution is -2.46. The highest BCUT2D eigenvalue weighted by Crippen LogP contribution is 2.08. The summed E-state index contributed by atoms with van der Waals surface area (Å²) in [6.07, 6.45) is 0.517. The number of nitrogens with one attached hydrogen (secondary N) is 6. The molecule has 0 spiro atoms. The van der Waals surface area contributed by atoms with E-state index in [-0.39, 0.29) is 63.0 Å². The summed E-state index contributed by atoms with van der Waals surface area (Å²) in [6, 6.07) is 14.7. The number of benzene rings is 2. The molecule has 0 heterocycles. The predicted octanol–water partition coefficient (Wildman–Crippen LogP) is 2.24. The molecule has 16 nitrogen and oxygen atoms in total. The summed E-state index contributed by atoms with van der Waals surface area (Å²) in [5, 5.41) is 16.3. The van der Waals surface area contributed by atoms with Gasteiger partial charge < -0.3 is 47.1 Å². The minimum Gasteiger partial charge on any atom is -0.459 e. The van der Waals surface area contributed by atoms with Crippen LogP contribution in [0.5, 0.6) is 0 Å². The Morgan fingerprint density at radius 1 is 0.554 bits per heavy atom. The van der Waals surface area contributed by atoms with Crippen LogP contribution in [0.1, 0.15) is 90.7 Å². The first-order valence-electron chi connectivity index (χ1n) is 19.0. The monoisotopic (exact) mass is 781 g/mol. The Morgan fingerprint density at radius 3 is 1.41 bits per heavy atom. The first-order valence-corrected chi connectivity index (χ1v) is 19.0. The molecule has 2 rings (SSSR count). The summed E-state index contributed by atoms with van der Waals surface area (Å²) in [5.74, 6) is -2.54. The fraction of sp³-hybridized carbons (Fsp3) is 0.525. The number of carbonyl (C=O) groups is 7. The van der Waals surface area contributed by atoms with Gasteiger partial charge in [0, 0.05) is 56.4 Å². The third kappa shape index (κ3) is 20.8. The number of ether oxygens (including phenoxy) is 2. The van der Waals surface area contributed by atoms with Crippen LogP contribution in [0.3, 0.4) is 0 Å². The quantitative estimate of drug-likeness (QED) is 0.0606. The van der Waals surface area contributed by atoms with Crippen molar-refractivity contribution in [3.8, 4) is 0 Å². The standard InChI is InChI=1S/C40H59N7O9/c1-26(43-34(48)21-27(2)44-36(50)23-29(4)46-38(52)30(5)41)20-35(49)45-28(3)22-37(51)47-33(39(53)55-24-31-14-8-6-9-15-31)18-12-13-19-42-40(54)56-25-32-16-10-7-11-17-32/h6-11,14-17,26-30,33H,12-13,18-25,41H2,1-5H3,(H,42,54)(H,43,48)(H,44,50)(H,45,49)(H,46,52)(H,47,51)/t26-,27-,28-,29-,30-,33-/m0/s1. The van der Waals surface area contributed by atoms with E-state index in [0.29, 0.717) is 19.4 Å². The average Bonchev–Trinajstić information content (AvgIpc) is 3.12. The van der Waals surface area contributed by atoms with Gasteiger partial charge in [0.1, 0.15) is 19.3 Å². The molecule has 0 fully saturated rings. The zero-order valence-electron chi connectivity index (χ0n) is 33.1. The molecule has 2 aromatic carbocycles. The van der Waals surface area contributed by atoms with Crippen molar-refractivity contribution in [2.45, 2.75) is 129 Å². The van der Waals surface area contributed by atoms with Crippen molar-refractivity contribution in [1.82, 2.24) is 31.9 Å². The van der Waals surface area contributed by atoms with Crippen molar-refractivity contribution in [3.63, 3.8) is 0 Å². The molecular weight excluding hydrogens is 722 g/mol. The third-order valence-electron chi connectivity index (χ3n) is 8.24. The normalized spacial score (nSPS) is 14.0. The molecule has 0 saturated carbocycles. The second-order valence-corrected chi connectivity index (χ2v) is 14.1. The van der Waals surface area contributed by atoms with Crippen LogP contribution in [0, 0.1) is 0 Å². The van der Waals surface area contributed by atoms with Gasteiger partial charge in [0.2, 0.25) is 29.5 Å². The lowest BCUT2D eigenvalue weighted by atomic mass is 10.1. The summed E-state index contributed by atoms with van der Waals surface area (Å²) in [6.45, 7) is 8.69. The zero-order chi connectivity index (χ0) is 41.5. The Labute approximate surface area is 329 Å². The molecule has 0 aliphatic heterocycles. The largest absolute Gasteiger partial charge is 0.459 e. The van der Waals surface area contributed by atoms with Crippen molar-refractivity contribution in [3.05, 3.63) is 71.8 Å². The third-order valence-corrected chi connectivity index (χ3v) is 8.24. The molecule has 0 aliphatic rings. The van der Waals surface area contributed by atoms with Crippen LogP contribution in [0.4, 0.5) is 4.79 Å². The molecule has 16 heteroatoms. The Morgan fingerprint density at radius 2 is 0.964 bits per heavy atom. The highest BCUT2D eigenvalue weighted by molar-refractivity contribution is 5.86. The number of nitrogens with two attached hydrogens (primary N) is 1. The van der Waals surface area contributed by atoms with Crippen LogP contribution >= 0.6 is 0 Å². The predicted molar refractivity (Wildman–Crippen MR) is 209 cm³/mol. The fourth-order valence-corrected chi connectivity index (χ4v) is 5.46. The van der Waals surface area contributed by atoms with Gasteiger partial charge in [-0.05, 0) is 65.0 Å². The summed E-state index contributed by atoms with van der Waals surface area (Å²) < 4.78 is 10.7. The van der Waals surface area contributed by atoms with E-state index in [1.807, 2.05) is 60.7 Å². The maximum Gasteiger partial charge on any atom is 0.407 e. The minimum absolute atomic E-state index is 0.0174. The van der Waals surface area contributed by atoms with E-state index in [0.717, 1.165) is 11.1 Å². The summed E-state index contributed by atoms with van der Waals surface area (Å²) in [4.78, 5) is 87.5. The molecule has 0 aromatic heterocycles. The molecule has 0 unspecified atom stereocenters. The van der Waals surface area contributed by atoms with Gasteiger partial charge in [-0.1, -0.05) is 60.7 Å². The van der Waals surface area contributed by atoms with Crippen molar-refractivity contribution < 1.29 is 43.0 Å². The van der Waals surface area contributed by atoms with Gasteiger partial charge in [0.25, 0.3) is 0 Å². The SMILES string of the molecule is C[C@H](N)C(=O)N[C@@H](C)CC(=O)N[C@@H](C)CC(=O)N[C@@H](C)CC(=O)N[C@@H](C)CC(=O)N[C@@H](CCCCNC(=O)OCc1ccccc1)C(=O)OCc1ccccc1. The molecular formula is C40H59N7O9. The molecule has 0 radical (unpaired) electrons. The smallest absolute Gasteiger partial charge is 0.407 e. The van der Waals surface area contributed by atoms with Crippen LogP contribution in [0.15, 0.2) is 60.7 Å². The minimum atomic E-state index is -0.953. The number of alkyl carbamates (subject to hydrolysis) is 1. The number of unbranched alkanes of at least 4 members (excludes halogenated alkanes) is 1. The number of carbonyl (C=O) groups excluding carboxylic acids is 7. The van der Waals surface area contributed by atoms with Crippen LogP contribution in [0.2, 0.25) is 0 Å². The molecule has 6 atom stereocenters. The highest BCUT2D eigenvalue weighted by Gasteiger charge is 2.24. The number of esters is 1. The Balaban J connectivity index is 1.77. The Hall–Kier alpha value is -5.51. The van der Waals surface area contributed by atoms with Gasteiger partial charge in [-0.25, -0.2) is 9.59 Å². The second-order valence-electron chi connectivity index (χ2n) is 14.1. The number of rotatable bonds is 24. The molecule has 0 saturated heterocycles. The van der Waals surface area contributed by atoms with Crippen LogP contribution in [-0.2, 0) is 51.5 Å². The lowest BCUT2D eigenvalue weighted by Gasteiger charge is -2.21. The van der Waals surface area contributed by atoms with Gasteiger partial charge in [-0.2, -0.15) is 0 Å². The lowest BCUT2D eigenvalue weighted by molar-refractivity contribution is -0.149. The van der Waals surface area contributed by atoms with E-state index in [4.69, 9.17) is 15.2 Å². The summed E-state index contributed by atoms with van der Waals surface area (Å²) in [7, 11) is 0. The maximum atomic E-state index is 13.1. The number of hydrogen-bond acceptors (Lipinski definition) is 10. The van der Waals surface area contributed by atoms with E-state index in [9.17, 15) is 33.6 Å². The van der Waals surface area contributed by atoms with Crippen LogP contribution < -0.4 is 37.6 Å². The van der Waals surface area contributed by atoms with Crippen LogP contribution in [0.25, 0.3) is 0 Å². The van der Waals surface area contributed by atoms with Gasteiger partial charge in [-0.15, -0.1) is 0 Å². The summed E-state index contributed by atoms with van der Waals surface area (Å²) >= 11 is 0. The topological polar surface area (TPSA) is 236 Å². The van der Waals surface area contributed by atoms with Crippen molar-refractivity contribution in [2.24, 2.45) is 5.73 Å². The molecule has 2 aromatic rings. The molecule has 0 aliphatic carbocycles. The molecule has 308 valence electrons. The number of hydrogen-bond donors (Lipinski definition) is 7. The van der Waals surface area contributed by atoms with E-state index >= 15 is 0 Å². The Kier molecular flexibility index (Phi) is 21.3. The maximum absolute atomic E-state index is 13.1. The van der Waals surface area contributed by atoms with E-state index in [1.165, 1.54) is 0 Å². The molecule has 8 N–H and O–H groups in total. The molecule has 0 bridgehead atoms. The van der Waals surface area contributed by atoms with E-state index in [1.54, 1.807) is 34.6 Å². The van der Waals surface area contributed by atoms with Crippen molar-refractivity contribution in [1.29, 1.82) is 0 Å². The van der Waals surface area contributed by atoms with Gasteiger partial charge >= 0.3 is 12.1 Å². The van der Waals surface area contributed by atoms with E-state index in [2.05, 4.69) is 31.9 Å². The van der Waals surface area contributed by atoms with E-state index < -0.39 is 60.1 Å². The van der Waals surface area contributed by atoms with Gasteiger partial charge in [0.15, 0.2) is 0 Å².